The van der Waals surface area contributed by atoms with Crippen LogP contribution < -0.4 is 4.74 Å². The van der Waals surface area contributed by atoms with Gasteiger partial charge in [-0.05, 0) is 48.2 Å². The van der Waals surface area contributed by atoms with Gasteiger partial charge in [0.1, 0.15) is 18.0 Å². The molecule has 6 heteroatoms. The molecule has 0 radical (unpaired) electrons. The minimum absolute atomic E-state index is 0.0195. The molecule has 0 amide bonds. The summed E-state index contributed by atoms with van der Waals surface area (Å²) in [4.78, 5) is 13.2. The van der Waals surface area contributed by atoms with E-state index in [1.807, 2.05) is 37.3 Å². The molecule has 1 aromatic carbocycles. The van der Waals surface area contributed by atoms with Gasteiger partial charge < -0.3 is 18.6 Å². The standard InChI is InChI=1S/C27H46O5Si/c1-11-21(4)24(16-17-30-19-22-12-14-23(29-8)15-13-22)31-26(28)25(18-20(2)3)32-33(9,10)27(5,6)7/h11-15,20-21,24-25H,1,16-19H2,2-10H3/t21-,24+,25+/m1/s1. The second-order valence-corrected chi connectivity index (χ2v) is 15.5. The topological polar surface area (TPSA) is 54.0 Å². The van der Waals surface area contributed by atoms with Gasteiger partial charge in [0, 0.05) is 12.3 Å². The summed E-state index contributed by atoms with van der Waals surface area (Å²) in [6, 6.07) is 7.80. The first-order valence-electron chi connectivity index (χ1n) is 12.0. The molecule has 0 aliphatic heterocycles. The lowest BCUT2D eigenvalue weighted by Crippen LogP contribution is -2.47. The zero-order valence-corrected chi connectivity index (χ0v) is 23.3. The van der Waals surface area contributed by atoms with Gasteiger partial charge in [0.2, 0.25) is 0 Å². The minimum Gasteiger partial charge on any atom is -0.497 e. The maximum absolute atomic E-state index is 13.2. The average molecular weight is 479 g/mol. The lowest BCUT2D eigenvalue weighted by atomic mass is 10.0. The third kappa shape index (κ3) is 10.0. The fraction of sp³-hybridized carbons (Fsp3) is 0.667. The largest absolute Gasteiger partial charge is 0.497 e. The summed E-state index contributed by atoms with van der Waals surface area (Å²) in [6.07, 6.45) is 2.22. The Bertz CT molecular complexity index is 721. The smallest absolute Gasteiger partial charge is 0.334 e. The fourth-order valence-corrected chi connectivity index (χ4v) is 4.33. The number of rotatable bonds is 14. The van der Waals surface area contributed by atoms with Crippen LogP contribution in [-0.4, -0.2) is 40.2 Å². The molecular formula is C27H46O5Si. The van der Waals surface area contributed by atoms with Gasteiger partial charge in [-0.2, -0.15) is 0 Å². The highest BCUT2D eigenvalue weighted by molar-refractivity contribution is 6.74. The third-order valence-electron chi connectivity index (χ3n) is 6.39. The van der Waals surface area contributed by atoms with Crippen molar-refractivity contribution in [3.63, 3.8) is 0 Å². The van der Waals surface area contributed by atoms with Crippen molar-refractivity contribution in [3.05, 3.63) is 42.5 Å². The molecule has 0 aliphatic carbocycles. The Hall–Kier alpha value is -1.63. The summed E-state index contributed by atoms with van der Waals surface area (Å²) in [5.41, 5.74) is 1.07. The van der Waals surface area contributed by atoms with E-state index in [9.17, 15) is 4.79 Å². The Labute approximate surface area is 203 Å². The van der Waals surface area contributed by atoms with Crippen molar-refractivity contribution in [2.75, 3.05) is 13.7 Å². The molecule has 0 aliphatic rings. The molecule has 0 unspecified atom stereocenters. The number of benzene rings is 1. The monoisotopic (exact) mass is 478 g/mol. The van der Waals surface area contributed by atoms with Crippen molar-refractivity contribution in [2.24, 2.45) is 11.8 Å². The van der Waals surface area contributed by atoms with Gasteiger partial charge in [-0.3, -0.25) is 0 Å². The van der Waals surface area contributed by atoms with Gasteiger partial charge in [-0.15, -0.1) is 6.58 Å². The molecule has 0 N–H and O–H groups in total. The molecule has 1 aromatic rings. The summed E-state index contributed by atoms with van der Waals surface area (Å²) >= 11 is 0. The van der Waals surface area contributed by atoms with Crippen molar-refractivity contribution in [3.8, 4) is 5.75 Å². The minimum atomic E-state index is -2.11. The normalized spacial score (nSPS) is 15.1. The fourth-order valence-electron chi connectivity index (χ4n) is 3.07. The van der Waals surface area contributed by atoms with Gasteiger partial charge in [0.25, 0.3) is 0 Å². The van der Waals surface area contributed by atoms with Crippen LogP contribution in [0.4, 0.5) is 0 Å². The molecule has 188 valence electrons. The van der Waals surface area contributed by atoms with Crippen LogP contribution in [0.3, 0.4) is 0 Å². The van der Waals surface area contributed by atoms with Crippen molar-refractivity contribution in [1.29, 1.82) is 0 Å². The SMILES string of the molecule is C=C[C@@H](C)[C@H](CCOCc1ccc(OC)cc1)OC(=O)[C@H](CC(C)C)O[Si](C)(C)C(C)(C)C. The molecule has 5 nitrogen and oxygen atoms in total. The van der Waals surface area contributed by atoms with E-state index in [4.69, 9.17) is 18.6 Å². The van der Waals surface area contributed by atoms with E-state index in [-0.39, 0.29) is 23.0 Å². The lowest BCUT2D eigenvalue weighted by molar-refractivity contribution is -0.161. The first-order valence-corrected chi connectivity index (χ1v) is 14.9. The number of ether oxygens (including phenoxy) is 3. The molecule has 0 heterocycles. The number of methoxy groups -OCH3 is 1. The molecule has 3 atom stereocenters. The molecular weight excluding hydrogens is 432 g/mol. The van der Waals surface area contributed by atoms with Crippen LogP contribution in [-0.2, 0) is 25.3 Å². The third-order valence-corrected chi connectivity index (χ3v) is 10.9. The Kier molecular flexibility index (Phi) is 11.9. The molecule has 0 aromatic heterocycles. The zero-order valence-electron chi connectivity index (χ0n) is 22.3. The molecule has 0 fully saturated rings. The lowest BCUT2D eigenvalue weighted by Gasteiger charge is -2.39. The number of carbonyl (C=O) groups excluding carboxylic acids is 1. The molecule has 0 saturated heterocycles. The van der Waals surface area contributed by atoms with Crippen LogP contribution in [0.2, 0.25) is 18.1 Å². The van der Waals surface area contributed by atoms with Crippen molar-refractivity contribution in [1.82, 2.24) is 0 Å². The van der Waals surface area contributed by atoms with Crippen LogP contribution in [0.5, 0.6) is 5.75 Å². The molecule has 0 spiro atoms. The van der Waals surface area contributed by atoms with Crippen LogP contribution >= 0.6 is 0 Å². The Morgan fingerprint density at radius 3 is 2.21 bits per heavy atom. The summed E-state index contributed by atoms with van der Waals surface area (Å²) in [7, 11) is -0.465. The van der Waals surface area contributed by atoms with Gasteiger partial charge >= 0.3 is 5.97 Å². The maximum Gasteiger partial charge on any atom is 0.334 e. The van der Waals surface area contributed by atoms with Crippen LogP contribution in [0.25, 0.3) is 0 Å². The first-order chi connectivity index (χ1) is 15.3. The number of carbonyl (C=O) groups is 1. The van der Waals surface area contributed by atoms with E-state index in [0.29, 0.717) is 32.0 Å². The average Bonchev–Trinajstić information content (AvgIpc) is 2.73. The molecule has 0 saturated carbocycles. The van der Waals surface area contributed by atoms with Crippen molar-refractivity contribution >= 4 is 14.3 Å². The van der Waals surface area contributed by atoms with Crippen LogP contribution in [0.1, 0.15) is 59.9 Å². The van der Waals surface area contributed by atoms with Gasteiger partial charge in [-0.25, -0.2) is 4.79 Å². The predicted molar refractivity (Wildman–Crippen MR) is 138 cm³/mol. The summed E-state index contributed by atoms with van der Waals surface area (Å²) in [6.45, 7) is 22.0. The van der Waals surface area contributed by atoms with E-state index >= 15 is 0 Å². The Morgan fingerprint density at radius 1 is 1.12 bits per heavy atom. The highest BCUT2D eigenvalue weighted by Crippen LogP contribution is 2.38. The molecule has 1 rings (SSSR count). The quantitative estimate of drug-likeness (QED) is 0.128. The van der Waals surface area contributed by atoms with Crippen LogP contribution in [0, 0.1) is 11.8 Å². The van der Waals surface area contributed by atoms with Crippen molar-refractivity contribution < 1.29 is 23.4 Å². The molecule has 0 bridgehead atoms. The van der Waals surface area contributed by atoms with Crippen molar-refractivity contribution in [2.45, 2.75) is 91.3 Å². The van der Waals surface area contributed by atoms with E-state index < -0.39 is 14.4 Å². The second-order valence-electron chi connectivity index (χ2n) is 10.8. The number of esters is 1. The first kappa shape index (κ1) is 29.4. The van der Waals surface area contributed by atoms with Gasteiger partial charge in [0.15, 0.2) is 8.32 Å². The van der Waals surface area contributed by atoms with E-state index in [0.717, 1.165) is 11.3 Å². The van der Waals surface area contributed by atoms with E-state index in [1.165, 1.54) is 0 Å². The Balaban J connectivity index is 2.76. The predicted octanol–water partition coefficient (Wildman–Crippen LogP) is 6.77. The summed E-state index contributed by atoms with van der Waals surface area (Å²) < 4.78 is 23.5. The summed E-state index contributed by atoms with van der Waals surface area (Å²) in [5, 5.41) is 0.0195. The molecule has 33 heavy (non-hydrogen) atoms. The number of hydrogen-bond acceptors (Lipinski definition) is 5. The maximum atomic E-state index is 13.2. The highest BCUT2D eigenvalue weighted by Gasteiger charge is 2.41. The van der Waals surface area contributed by atoms with E-state index in [1.54, 1.807) is 7.11 Å². The van der Waals surface area contributed by atoms with Gasteiger partial charge in [-0.1, -0.05) is 59.8 Å². The van der Waals surface area contributed by atoms with E-state index in [2.05, 4.69) is 54.3 Å². The number of hydrogen-bond donors (Lipinski definition) is 0. The summed E-state index contributed by atoms with van der Waals surface area (Å²) in [5.74, 6) is 0.894. The zero-order chi connectivity index (χ0) is 25.2. The Morgan fingerprint density at radius 2 is 1.73 bits per heavy atom. The second kappa shape index (κ2) is 13.3. The van der Waals surface area contributed by atoms with Crippen LogP contribution in [0.15, 0.2) is 36.9 Å². The highest BCUT2D eigenvalue weighted by atomic mass is 28.4. The van der Waals surface area contributed by atoms with Gasteiger partial charge in [0.05, 0.1) is 20.3 Å².